The molecule has 1 unspecified atom stereocenters. The van der Waals surface area contributed by atoms with Gasteiger partial charge in [-0.15, -0.1) is 11.3 Å². The molecule has 8 nitrogen and oxygen atoms in total. The van der Waals surface area contributed by atoms with Crippen LogP contribution >= 0.6 is 11.3 Å². The highest BCUT2D eigenvalue weighted by Gasteiger charge is 2.46. The molecule has 0 radical (unpaired) electrons. The predicted molar refractivity (Wildman–Crippen MR) is 142 cm³/mol. The van der Waals surface area contributed by atoms with Gasteiger partial charge in [0.25, 0.3) is 0 Å². The molecule has 3 atom stereocenters. The van der Waals surface area contributed by atoms with Crippen molar-refractivity contribution in [3.8, 4) is 22.2 Å². The van der Waals surface area contributed by atoms with E-state index in [0.29, 0.717) is 23.1 Å². The lowest BCUT2D eigenvalue weighted by Crippen LogP contribution is -2.32. The second kappa shape index (κ2) is 10.3. The average Bonchev–Trinajstić information content (AvgIpc) is 3.46. The van der Waals surface area contributed by atoms with Crippen molar-refractivity contribution < 1.29 is 28.9 Å². The summed E-state index contributed by atoms with van der Waals surface area (Å²) in [7, 11) is 1.62. The zero-order valence-electron chi connectivity index (χ0n) is 22.3. The first-order valence-corrected chi connectivity index (χ1v) is 13.3. The van der Waals surface area contributed by atoms with E-state index in [1.165, 1.54) is 11.3 Å². The molecule has 1 aromatic carbocycles. The minimum Gasteiger partial charge on any atom is -0.496 e. The highest BCUT2D eigenvalue weighted by Crippen LogP contribution is 2.41. The number of benzene rings is 1. The number of carbonyl (C=O) groups is 2. The van der Waals surface area contributed by atoms with E-state index in [0.717, 1.165) is 27.2 Å². The van der Waals surface area contributed by atoms with Crippen molar-refractivity contribution in [1.29, 1.82) is 0 Å². The van der Waals surface area contributed by atoms with Crippen LogP contribution in [-0.2, 0) is 14.3 Å². The summed E-state index contributed by atoms with van der Waals surface area (Å²) in [6.07, 6.45) is -0.000935. The van der Waals surface area contributed by atoms with Crippen molar-refractivity contribution in [2.24, 2.45) is 11.8 Å². The Balaban J connectivity index is 1.73. The topological polar surface area (TPSA) is 108 Å². The standard InChI is InChI=1S/C28H34N2O6S/c1-14(2)21-13-37-25(30-21)20-12-23(17-8-9-22(34-7)15(3)24(17)29-20)35-16-10-18(26(31)32)19(11-16)27(33)36-28(4,5)6/h8-9,12-14,16,18-19H,10-11H2,1-7H3,(H,31,32)/t16-,18-,19?/m1/s1. The van der Waals surface area contributed by atoms with Crippen molar-refractivity contribution in [2.45, 2.75) is 72.0 Å². The summed E-state index contributed by atoms with van der Waals surface area (Å²) < 4.78 is 17.5. The minimum absolute atomic E-state index is 0.211. The number of carbonyl (C=O) groups excluding carboxylic acids is 1. The monoisotopic (exact) mass is 526 g/mol. The Labute approximate surface area is 221 Å². The van der Waals surface area contributed by atoms with Crippen molar-refractivity contribution in [3.05, 3.63) is 34.8 Å². The average molecular weight is 527 g/mol. The van der Waals surface area contributed by atoms with Crippen LogP contribution in [0.4, 0.5) is 0 Å². The zero-order valence-corrected chi connectivity index (χ0v) is 23.1. The number of aliphatic carboxylic acids is 1. The van der Waals surface area contributed by atoms with Crippen LogP contribution < -0.4 is 9.47 Å². The molecule has 1 aliphatic rings. The second-order valence-electron chi connectivity index (χ2n) is 10.8. The SMILES string of the molecule is COc1ccc2c(O[C@H]3CC(C(=O)OC(C)(C)C)[C@H](C(=O)O)C3)cc(-c3nc(C(C)C)cs3)nc2c1C. The normalized spacial score (nSPS) is 19.8. The van der Waals surface area contributed by atoms with Crippen LogP contribution in [0.5, 0.6) is 11.5 Å². The molecular formula is C28H34N2O6S. The molecule has 9 heteroatoms. The van der Waals surface area contributed by atoms with Gasteiger partial charge in [0.1, 0.15) is 33.9 Å². The number of hydrogen-bond donors (Lipinski definition) is 1. The molecular weight excluding hydrogens is 492 g/mol. The number of ether oxygens (including phenoxy) is 3. The third kappa shape index (κ3) is 5.71. The van der Waals surface area contributed by atoms with Gasteiger partial charge in [0.2, 0.25) is 0 Å². The number of rotatable bonds is 7. The predicted octanol–water partition coefficient (Wildman–Crippen LogP) is 6.00. The molecule has 0 bridgehead atoms. The summed E-state index contributed by atoms with van der Waals surface area (Å²) >= 11 is 1.52. The summed E-state index contributed by atoms with van der Waals surface area (Å²) in [4.78, 5) is 34.5. The maximum atomic E-state index is 12.8. The van der Waals surface area contributed by atoms with E-state index in [9.17, 15) is 14.7 Å². The fourth-order valence-corrected chi connectivity index (χ4v) is 5.59. The van der Waals surface area contributed by atoms with E-state index >= 15 is 0 Å². The Morgan fingerprint density at radius 3 is 2.41 bits per heavy atom. The Bertz CT molecular complexity index is 1330. The van der Waals surface area contributed by atoms with Crippen molar-refractivity contribution in [1.82, 2.24) is 9.97 Å². The van der Waals surface area contributed by atoms with Crippen LogP contribution in [0.2, 0.25) is 0 Å². The molecule has 3 aromatic rings. The molecule has 4 rings (SSSR count). The number of pyridine rings is 1. The molecule has 1 saturated carbocycles. The summed E-state index contributed by atoms with van der Waals surface area (Å²) in [6, 6.07) is 5.61. The molecule has 0 aliphatic heterocycles. The van der Waals surface area contributed by atoms with E-state index in [1.54, 1.807) is 27.9 Å². The van der Waals surface area contributed by atoms with Crippen LogP contribution in [0.25, 0.3) is 21.6 Å². The van der Waals surface area contributed by atoms with E-state index in [4.69, 9.17) is 24.2 Å². The molecule has 2 heterocycles. The van der Waals surface area contributed by atoms with Gasteiger partial charge >= 0.3 is 11.9 Å². The number of aryl methyl sites for hydroxylation is 1. The maximum absolute atomic E-state index is 12.8. The van der Waals surface area contributed by atoms with Gasteiger partial charge < -0.3 is 19.3 Å². The highest BCUT2D eigenvalue weighted by molar-refractivity contribution is 7.13. The van der Waals surface area contributed by atoms with E-state index in [1.807, 2.05) is 30.5 Å². The smallest absolute Gasteiger partial charge is 0.310 e. The van der Waals surface area contributed by atoms with E-state index < -0.39 is 35.5 Å². The number of esters is 1. The first-order valence-electron chi connectivity index (χ1n) is 12.4. The third-order valence-electron chi connectivity index (χ3n) is 6.54. The minimum atomic E-state index is -1.02. The maximum Gasteiger partial charge on any atom is 0.310 e. The largest absolute Gasteiger partial charge is 0.496 e. The summed E-state index contributed by atoms with van der Waals surface area (Å²) in [5.74, 6) is -1.60. The Morgan fingerprint density at radius 1 is 1.11 bits per heavy atom. The van der Waals surface area contributed by atoms with Crippen LogP contribution in [0.15, 0.2) is 23.6 Å². The van der Waals surface area contributed by atoms with Crippen LogP contribution in [0.1, 0.15) is 64.6 Å². The number of fused-ring (bicyclic) bond motifs is 1. The van der Waals surface area contributed by atoms with Crippen molar-refractivity contribution in [2.75, 3.05) is 7.11 Å². The van der Waals surface area contributed by atoms with Gasteiger partial charge in [0, 0.05) is 22.4 Å². The van der Waals surface area contributed by atoms with Gasteiger partial charge in [-0.25, -0.2) is 9.97 Å². The van der Waals surface area contributed by atoms with Crippen molar-refractivity contribution >= 4 is 34.2 Å². The van der Waals surface area contributed by atoms with Gasteiger partial charge in [-0.2, -0.15) is 0 Å². The summed E-state index contributed by atoms with van der Waals surface area (Å²) in [5, 5.41) is 13.4. The Morgan fingerprint density at radius 2 is 1.81 bits per heavy atom. The van der Waals surface area contributed by atoms with Crippen molar-refractivity contribution in [3.63, 3.8) is 0 Å². The zero-order chi connectivity index (χ0) is 27.1. The van der Waals surface area contributed by atoms with Crippen LogP contribution in [-0.4, -0.2) is 45.8 Å². The molecule has 198 valence electrons. The van der Waals surface area contributed by atoms with Gasteiger partial charge in [0.05, 0.1) is 30.2 Å². The lowest BCUT2D eigenvalue weighted by Gasteiger charge is -2.23. The fourth-order valence-electron chi connectivity index (χ4n) is 4.65. The van der Waals surface area contributed by atoms with Gasteiger partial charge in [0.15, 0.2) is 0 Å². The first-order chi connectivity index (χ1) is 17.4. The van der Waals surface area contributed by atoms with E-state index in [-0.39, 0.29) is 12.8 Å². The summed E-state index contributed by atoms with van der Waals surface area (Å²) in [5.41, 5.74) is 2.56. The Kier molecular flexibility index (Phi) is 7.46. The molecule has 0 spiro atoms. The third-order valence-corrected chi connectivity index (χ3v) is 7.42. The lowest BCUT2D eigenvalue weighted by atomic mass is 9.96. The number of hydrogen-bond acceptors (Lipinski definition) is 8. The molecule has 1 N–H and O–H groups in total. The number of thiazole rings is 1. The Hall–Kier alpha value is -3.20. The summed E-state index contributed by atoms with van der Waals surface area (Å²) in [6.45, 7) is 11.4. The van der Waals surface area contributed by atoms with E-state index in [2.05, 4.69) is 13.8 Å². The first kappa shape index (κ1) is 26.9. The number of methoxy groups -OCH3 is 1. The fraction of sp³-hybridized carbons (Fsp3) is 0.500. The number of carboxylic acids is 1. The van der Waals surface area contributed by atoms with Crippen LogP contribution in [0, 0.1) is 18.8 Å². The molecule has 0 amide bonds. The number of carboxylic acid groups (broad SMARTS) is 1. The molecule has 1 aliphatic carbocycles. The van der Waals surface area contributed by atoms with Gasteiger partial charge in [-0.1, -0.05) is 13.8 Å². The molecule has 37 heavy (non-hydrogen) atoms. The number of nitrogens with zero attached hydrogens (tertiary/aromatic N) is 2. The molecule has 2 aromatic heterocycles. The van der Waals surface area contributed by atoms with Gasteiger partial charge in [-0.3, -0.25) is 9.59 Å². The van der Waals surface area contributed by atoms with Crippen LogP contribution in [0.3, 0.4) is 0 Å². The number of aromatic nitrogens is 2. The van der Waals surface area contributed by atoms with Gasteiger partial charge in [-0.05, 0) is 58.6 Å². The highest BCUT2D eigenvalue weighted by atomic mass is 32.1. The second-order valence-corrected chi connectivity index (χ2v) is 11.7. The molecule has 1 fully saturated rings. The lowest BCUT2D eigenvalue weighted by molar-refractivity contribution is -0.165. The quantitative estimate of drug-likeness (QED) is 0.374. The molecule has 0 saturated heterocycles.